The summed E-state index contributed by atoms with van der Waals surface area (Å²) in [6.07, 6.45) is 3.94. The molecule has 0 spiro atoms. The molecule has 1 aromatic rings. The fourth-order valence-electron chi connectivity index (χ4n) is 0.684. The van der Waals surface area contributed by atoms with Gasteiger partial charge in [-0.25, -0.2) is 4.98 Å². The highest BCUT2D eigenvalue weighted by atomic mass is 32.1. The van der Waals surface area contributed by atoms with Crippen LogP contribution in [0, 0.1) is 6.92 Å². The fourth-order valence-corrected chi connectivity index (χ4v) is 1.27. The van der Waals surface area contributed by atoms with Crippen LogP contribution in [-0.2, 0) is 0 Å². The first-order valence-electron chi connectivity index (χ1n) is 3.44. The number of hydrogen-bond acceptors (Lipinski definition) is 2. The minimum absolute atomic E-state index is 1.02. The molecule has 58 valence electrons. The van der Waals surface area contributed by atoms with Crippen LogP contribution in [-0.4, -0.2) is 4.98 Å². The van der Waals surface area contributed by atoms with E-state index in [0.717, 1.165) is 16.3 Å². The van der Waals surface area contributed by atoms with E-state index < -0.39 is 0 Å². The molecule has 0 aliphatic carbocycles. The van der Waals surface area contributed by atoms with Crippen LogP contribution >= 0.6 is 11.3 Å². The average molecular weight is 165 g/mol. The van der Waals surface area contributed by atoms with E-state index in [0.29, 0.717) is 0 Å². The average Bonchev–Trinajstić information content (AvgIpc) is 2.31. The molecule has 0 aliphatic heterocycles. The van der Waals surface area contributed by atoms with Gasteiger partial charge in [-0.2, -0.15) is 0 Å². The van der Waals surface area contributed by atoms with E-state index in [2.05, 4.69) is 11.6 Å². The van der Waals surface area contributed by atoms with Crippen LogP contribution in [0.25, 0.3) is 6.08 Å². The Morgan fingerprint density at radius 1 is 1.73 bits per heavy atom. The maximum absolute atomic E-state index is 4.27. The zero-order valence-electron chi connectivity index (χ0n) is 6.79. The van der Waals surface area contributed by atoms with Gasteiger partial charge in [-0.05, 0) is 19.9 Å². The first-order valence-corrected chi connectivity index (χ1v) is 4.32. The lowest BCUT2D eigenvalue weighted by atomic mass is 10.3. The number of thiazole rings is 1. The predicted octanol–water partition coefficient (Wildman–Crippen LogP) is 3.04. The molecule has 0 N–H and O–H groups in total. The molecule has 11 heavy (non-hydrogen) atoms. The molecule has 1 rings (SSSR count). The van der Waals surface area contributed by atoms with Crippen molar-refractivity contribution in [1.82, 2.24) is 4.98 Å². The lowest BCUT2D eigenvalue weighted by molar-refractivity contribution is 1.27. The summed E-state index contributed by atoms with van der Waals surface area (Å²) in [5, 5.41) is 3.14. The second kappa shape index (κ2) is 3.49. The Kier molecular flexibility index (Phi) is 2.60. The highest BCUT2D eigenvalue weighted by Gasteiger charge is 1.90. The van der Waals surface area contributed by atoms with Crippen LogP contribution in [0.3, 0.4) is 0 Å². The molecule has 0 radical (unpaired) electrons. The van der Waals surface area contributed by atoms with Crippen molar-refractivity contribution in [3.63, 3.8) is 0 Å². The fraction of sp³-hybridized carbons (Fsp3) is 0.222. The molecule has 0 bridgehead atoms. The minimum Gasteiger partial charge on any atom is -0.242 e. The van der Waals surface area contributed by atoms with Gasteiger partial charge in [0, 0.05) is 5.38 Å². The zero-order chi connectivity index (χ0) is 8.27. The molecule has 0 saturated heterocycles. The smallest absolute Gasteiger partial charge is 0.0901 e. The van der Waals surface area contributed by atoms with Crippen molar-refractivity contribution in [3.05, 3.63) is 34.3 Å². The summed E-state index contributed by atoms with van der Waals surface area (Å²) in [5.74, 6) is 0. The highest BCUT2D eigenvalue weighted by molar-refractivity contribution is 7.09. The lowest BCUT2D eigenvalue weighted by Gasteiger charge is -1.83. The van der Waals surface area contributed by atoms with Gasteiger partial charge >= 0.3 is 0 Å². The van der Waals surface area contributed by atoms with E-state index in [1.165, 1.54) is 0 Å². The molecule has 0 aliphatic rings. The van der Waals surface area contributed by atoms with Crippen molar-refractivity contribution in [1.29, 1.82) is 0 Å². The van der Waals surface area contributed by atoms with Gasteiger partial charge in [0.2, 0.25) is 0 Å². The van der Waals surface area contributed by atoms with Crippen LogP contribution in [0.4, 0.5) is 0 Å². The van der Waals surface area contributed by atoms with Crippen LogP contribution < -0.4 is 0 Å². The van der Waals surface area contributed by atoms with Gasteiger partial charge in [0.15, 0.2) is 0 Å². The molecule has 1 nitrogen and oxygen atoms in total. The number of aromatic nitrogens is 1. The molecule has 0 saturated carbocycles. The van der Waals surface area contributed by atoms with Gasteiger partial charge in [0.25, 0.3) is 0 Å². The molecule has 0 fully saturated rings. The highest BCUT2D eigenvalue weighted by Crippen LogP contribution is 2.09. The first kappa shape index (κ1) is 8.21. The van der Waals surface area contributed by atoms with Crippen molar-refractivity contribution >= 4 is 17.4 Å². The monoisotopic (exact) mass is 165 g/mol. The van der Waals surface area contributed by atoms with E-state index >= 15 is 0 Å². The number of rotatable bonds is 2. The summed E-state index contributed by atoms with van der Waals surface area (Å²) in [6, 6.07) is 0. The molecule has 1 aromatic heterocycles. The predicted molar refractivity (Wildman–Crippen MR) is 50.7 cm³/mol. The molecule has 0 amide bonds. The number of hydrogen-bond donors (Lipinski definition) is 0. The summed E-state index contributed by atoms with van der Waals surface area (Å²) in [5.41, 5.74) is 2.08. The third kappa shape index (κ3) is 2.68. The summed E-state index contributed by atoms with van der Waals surface area (Å²) in [6.45, 7) is 7.74. The summed E-state index contributed by atoms with van der Waals surface area (Å²) in [7, 11) is 0. The molecule has 0 unspecified atom stereocenters. The first-order chi connectivity index (χ1) is 5.18. The maximum Gasteiger partial charge on any atom is 0.0901 e. The van der Waals surface area contributed by atoms with Gasteiger partial charge in [0.05, 0.1) is 10.7 Å². The molecular weight excluding hydrogens is 154 g/mol. The zero-order valence-corrected chi connectivity index (χ0v) is 7.61. The third-order valence-corrected chi connectivity index (χ3v) is 1.97. The van der Waals surface area contributed by atoms with Gasteiger partial charge in [-0.1, -0.05) is 18.2 Å². The van der Waals surface area contributed by atoms with Gasteiger partial charge in [-0.3, -0.25) is 0 Å². The van der Waals surface area contributed by atoms with Crippen LogP contribution in [0.15, 0.2) is 23.6 Å². The molecule has 1 heterocycles. The number of aryl methyl sites for hydroxylation is 1. The standard InChI is InChI=1S/C9H11NS/c1-7(2)4-5-9-6-11-8(3)10-9/h4-6H,1H2,2-3H3/b5-4-. The van der Waals surface area contributed by atoms with E-state index in [1.807, 2.05) is 31.4 Å². The topological polar surface area (TPSA) is 12.9 Å². The van der Waals surface area contributed by atoms with Gasteiger partial charge < -0.3 is 0 Å². The summed E-state index contributed by atoms with van der Waals surface area (Å²) >= 11 is 1.66. The number of allylic oxidation sites excluding steroid dienone is 2. The Bertz CT molecular complexity index is 284. The molecule has 0 atom stereocenters. The molecular formula is C9H11NS. The Morgan fingerprint density at radius 2 is 2.45 bits per heavy atom. The van der Waals surface area contributed by atoms with Crippen LogP contribution in [0.5, 0.6) is 0 Å². The molecule has 2 heteroatoms. The Morgan fingerprint density at radius 3 is 2.91 bits per heavy atom. The Balaban J connectivity index is 2.71. The SMILES string of the molecule is C=C(C)/C=C\c1csc(C)n1. The summed E-state index contributed by atoms with van der Waals surface area (Å²) < 4.78 is 0. The Labute approximate surface area is 71.1 Å². The largest absolute Gasteiger partial charge is 0.242 e. The van der Waals surface area contributed by atoms with Gasteiger partial charge in [0.1, 0.15) is 0 Å². The van der Waals surface area contributed by atoms with Crippen LogP contribution in [0.2, 0.25) is 0 Å². The van der Waals surface area contributed by atoms with E-state index in [4.69, 9.17) is 0 Å². The van der Waals surface area contributed by atoms with Crippen molar-refractivity contribution in [2.24, 2.45) is 0 Å². The van der Waals surface area contributed by atoms with E-state index in [-0.39, 0.29) is 0 Å². The van der Waals surface area contributed by atoms with E-state index in [9.17, 15) is 0 Å². The normalized spacial score (nSPS) is 10.7. The van der Waals surface area contributed by atoms with Crippen molar-refractivity contribution in [2.45, 2.75) is 13.8 Å². The van der Waals surface area contributed by atoms with Crippen molar-refractivity contribution in [2.75, 3.05) is 0 Å². The third-order valence-electron chi connectivity index (χ3n) is 1.18. The van der Waals surface area contributed by atoms with Crippen molar-refractivity contribution in [3.8, 4) is 0 Å². The minimum atomic E-state index is 1.02. The lowest BCUT2D eigenvalue weighted by Crippen LogP contribution is -1.71. The van der Waals surface area contributed by atoms with Crippen molar-refractivity contribution < 1.29 is 0 Å². The Hall–Kier alpha value is -0.890. The van der Waals surface area contributed by atoms with Gasteiger partial charge in [-0.15, -0.1) is 11.3 Å². The second-order valence-electron chi connectivity index (χ2n) is 2.47. The number of nitrogens with zero attached hydrogens (tertiary/aromatic N) is 1. The maximum atomic E-state index is 4.27. The second-order valence-corrected chi connectivity index (χ2v) is 3.53. The molecule has 0 aromatic carbocycles. The summed E-state index contributed by atoms with van der Waals surface area (Å²) in [4.78, 5) is 4.27. The quantitative estimate of drug-likeness (QED) is 0.614. The van der Waals surface area contributed by atoms with Crippen LogP contribution in [0.1, 0.15) is 17.6 Å². The van der Waals surface area contributed by atoms with E-state index in [1.54, 1.807) is 11.3 Å².